The fourth-order valence-corrected chi connectivity index (χ4v) is 2.62. The van der Waals surface area contributed by atoms with Crippen LogP contribution in [0, 0.1) is 6.92 Å². The molecule has 0 saturated carbocycles. The van der Waals surface area contributed by atoms with Gasteiger partial charge in [0.25, 0.3) is 5.91 Å². The van der Waals surface area contributed by atoms with E-state index in [1.165, 1.54) is 6.20 Å². The van der Waals surface area contributed by atoms with Crippen molar-refractivity contribution >= 4 is 27.5 Å². The first-order valence-corrected chi connectivity index (χ1v) is 8.09. The zero-order chi connectivity index (χ0) is 17.1. The molecule has 2 aromatic heterocycles. The number of rotatable bonds is 4. The lowest BCUT2D eigenvalue weighted by Gasteiger charge is -2.08. The van der Waals surface area contributed by atoms with E-state index >= 15 is 0 Å². The number of anilines is 1. The van der Waals surface area contributed by atoms with Crippen LogP contribution in [0.2, 0.25) is 0 Å². The van der Waals surface area contributed by atoms with Crippen LogP contribution < -0.4 is 10.7 Å². The first-order chi connectivity index (χ1) is 11.5. The Hall–Kier alpha value is -2.67. The second-order valence-electron chi connectivity index (χ2n) is 5.33. The fourth-order valence-electron chi connectivity index (χ4n) is 2.29. The molecule has 0 spiro atoms. The minimum Gasteiger partial charge on any atom is -0.363 e. The summed E-state index contributed by atoms with van der Waals surface area (Å²) in [4.78, 5) is 27.4. The molecule has 1 amide bonds. The average Bonchev–Trinajstić information content (AvgIpc) is 3.06. The van der Waals surface area contributed by atoms with Gasteiger partial charge in [0.2, 0.25) is 5.43 Å². The predicted octanol–water partition coefficient (Wildman–Crippen LogP) is 2.94. The summed E-state index contributed by atoms with van der Waals surface area (Å²) in [7, 11) is 0. The van der Waals surface area contributed by atoms with Crippen molar-refractivity contribution < 1.29 is 4.79 Å². The molecule has 3 rings (SSSR count). The third kappa shape index (κ3) is 3.46. The van der Waals surface area contributed by atoms with Crippen LogP contribution in [0.4, 0.5) is 5.69 Å². The van der Waals surface area contributed by atoms with Gasteiger partial charge in [-0.3, -0.25) is 14.3 Å². The first-order valence-electron chi connectivity index (χ1n) is 7.30. The van der Waals surface area contributed by atoms with Crippen molar-refractivity contribution in [1.82, 2.24) is 14.8 Å². The van der Waals surface area contributed by atoms with Crippen LogP contribution in [0.3, 0.4) is 0 Å². The van der Waals surface area contributed by atoms with Gasteiger partial charge < -0.3 is 10.3 Å². The fraction of sp³-hybridized carbons (Fsp3) is 0.118. The maximum atomic E-state index is 12.4. The number of nitrogens with zero attached hydrogens (tertiary/aromatic N) is 2. The number of nitrogens with one attached hydrogen (secondary N) is 2. The molecule has 3 aromatic rings. The molecule has 0 fully saturated rings. The molecule has 2 N–H and O–H groups in total. The summed E-state index contributed by atoms with van der Waals surface area (Å²) in [6, 6.07) is 9.29. The lowest BCUT2D eigenvalue weighted by Crippen LogP contribution is -2.23. The zero-order valence-electron chi connectivity index (χ0n) is 12.9. The Morgan fingerprint density at radius 2 is 2.21 bits per heavy atom. The van der Waals surface area contributed by atoms with E-state index in [9.17, 15) is 9.59 Å². The lowest BCUT2D eigenvalue weighted by molar-refractivity contribution is 0.102. The van der Waals surface area contributed by atoms with Crippen LogP contribution in [-0.4, -0.2) is 20.7 Å². The standard InChI is InChI=1S/C17H15BrN4O2/c1-11-15(18)16(23)14(9-19-11)17(24)21-13-5-2-4-12(8-13)10-22-7-3-6-20-22/h2-9H,10H2,1H3,(H,19,23)(H,21,24). The summed E-state index contributed by atoms with van der Waals surface area (Å²) >= 11 is 3.20. The predicted molar refractivity (Wildman–Crippen MR) is 95.2 cm³/mol. The van der Waals surface area contributed by atoms with Crippen LogP contribution in [0.25, 0.3) is 0 Å². The van der Waals surface area contributed by atoms with Crippen molar-refractivity contribution in [2.24, 2.45) is 0 Å². The van der Waals surface area contributed by atoms with E-state index < -0.39 is 5.91 Å². The number of hydrogen-bond acceptors (Lipinski definition) is 3. The van der Waals surface area contributed by atoms with Gasteiger partial charge in [0.05, 0.1) is 11.0 Å². The second kappa shape index (κ2) is 6.84. The second-order valence-corrected chi connectivity index (χ2v) is 6.12. The minimum absolute atomic E-state index is 0.0601. The molecule has 6 nitrogen and oxygen atoms in total. The van der Waals surface area contributed by atoms with Crippen LogP contribution in [0.15, 0.2) is 58.2 Å². The zero-order valence-corrected chi connectivity index (χ0v) is 14.5. The highest BCUT2D eigenvalue weighted by molar-refractivity contribution is 9.10. The maximum Gasteiger partial charge on any atom is 0.261 e. The molecule has 1 aromatic carbocycles. The Morgan fingerprint density at radius 1 is 1.38 bits per heavy atom. The molecular formula is C17H15BrN4O2. The van der Waals surface area contributed by atoms with Gasteiger partial charge in [-0.15, -0.1) is 0 Å². The summed E-state index contributed by atoms with van der Waals surface area (Å²) < 4.78 is 2.16. The number of carbonyl (C=O) groups excluding carboxylic acids is 1. The molecule has 122 valence electrons. The number of pyridine rings is 1. The molecule has 0 saturated heterocycles. The molecule has 0 radical (unpaired) electrons. The van der Waals surface area contributed by atoms with E-state index in [-0.39, 0.29) is 11.0 Å². The van der Waals surface area contributed by atoms with Crippen LogP contribution in [0.1, 0.15) is 21.6 Å². The van der Waals surface area contributed by atoms with Gasteiger partial charge in [-0.05, 0) is 46.6 Å². The topological polar surface area (TPSA) is 79.8 Å². The molecule has 2 heterocycles. The molecule has 0 bridgehead atoms. The Balaban J connectivity index is 1.80. The molecule has 0 atom stereocenters. The Morgan fingerprint density at radius 3 is 2.96 bits per heavy atom. The van der Waals surface area contributed by atoms with E-state index in [0.29, 0.717) is 22.4 Å². The van der Waals surface area contributed by atoms with Crippen molar-refractivity contribution in [3.05, 3.63) is 80.4 Å². The van der Waals surface area contributed by atoms with Crippen molar-refractivity contribution in [2.75, 3.05) is 5.32 Å². The van der Waals surface area contributed by atoms with Crippen molar-refractivity contribution in [3.8, 4) is 0 Å². The lowest BCUT2D eigenvalue weighted by atomic mass is 10.2. The number of amides is 1. The molecule has 24 heavy (non-hydrogen) atoms. The molecular weight excluding hydrogens is 372 g/mol. The number of aromatic nitrogens is 3. The Kier molecular flexibility index (Phi) is 4.61. The molecule has 0 aliphatic carbocycles. The number of halogens is 1. The average molecular weight is 387 g/mol. The quantitative estimate of drug-likeness (QED) is 0.723. The van der Waals surface area contributed by atoms with Crippen molar-refractivity contribution in [1.29, 1.82) is 0 Å². The highest BCUT2D eigenvalue weighted by Gasteiger charge is 2.14. The Bertz CT molecular complexity index is 932. The van der Waals surface area contributed by atoms with Crippen LogP contribution in [0.5, 0.6) is 0 Å². The number of benzene rings is 1. The van der Waals surface area contributed by atoms with Gasteiger partial charge in [-0.2, -0.15) is 5.10 Å². The largest absolute Gasteiger partial charge is 0.363 e. The number of H-pyrrole nitrogens is 1. The third-order valence-electron chi connectivity index (χ3n) is 3.54. The maximum absolute atomic E-state index is 12.4. The molecule has 0 aliphatic heterocycles. The van der Waals surface area contributed by atoms with Crippen molar-refractivity contribution in [2.45, 2.75) is 13.5 Å². The summed E-state index contributed by atoms with van der Waals surface area (Å²) in [6.07, 6.45) is 5.01. The van der Waals surface area contributed by atoms with Gasteiger partial charge in [0.15, 0.2) is 0 Å². The van der Waals surface area contributed by atoms with Gasteiger partial charge >= 0.3 is 0 Å². The normalized spacial score (nSPS) is 10.6. The summed E-state index contributed by atoms with van der Waals surface area (Å²) in [6.45, 7) is 2.36. The van der Waals surface area contributed by atoms with E-state index in [1.807, 2.05) is 30.5 Å². The first kappa shape index (κ1) is 16.2. The van der Waals surface area contributed by atoms with Crippen molar-refractivity contribution in [3.63, 3.8) is 0 Å². The molecule has 0 aliphatic rings. The van der Waals surface area contributed by atoms with Gasteiger partial charge in [-0.25, -0.2) is 0 Å². The minimum atomic E-state index is -0.451. The van der Waals surface area contributed by atoms with Gasteiger partial charge in [-0.1, -0.05) is 12.1 Å². The van der Waals surface area contributed by atoms with E-state index in [1.54, 1.807) is 23.9 Å². The van der Waals surface area contributed by atoms with E-state index in [4.69, 9.17) is 0 Å². The monoisotopic (exact) mass is 386 g/mol. The number of hydrogen-bond donors (Lipinski definition) is 2. The SMILES string of the molecule is Cc1[nH]cc(C(=O)Nc2cccc(Cn3cccn3)c2)c(=O)c1Br. The van der Waals surface area contributed by atoms with Crippen LogP contribution in [-0.2, 0) is 6.54 Å². The highest BCUT2D eigenvalue weighted by Crippen LogP contribution is 2.14. The number of carbonyl (C=O) groups is 1. The van der Waals surface area contributed by atoms with Gasteiger partial charge in [0.1, 0.15) is 5.56 Å². The summed E-state index contributed by atoms with van der Waals surface area (Å²) in [5, 5.41) is 6.91. The van der Waals surface area contributed by atoms with Gasteiger partial charge in [0, 0.05) is 30.0 Å². The Labute approximate surface area is 146 Å². The third-order valence-corrected chi connectivity index (χ3v) is 4.49. The van der Waals surface area contributed by atoms with E-state index in [0.717, 1.165) is 5.56 Å². The number of aromatic amines is 1. The number of aryl methyl sites for hydroxylation is 1. The smallest absolute Gasteiger partial charge is 0.261 e. The summed E-state index contributed by atoms with van der Waals surface area (Å²) in [5.74, 6) is -0.451. The van der Waals surface area contributed by atoms with Crippen LogP contribution >= 0.6 is 15.9 Å². The van der Waals surface area contributed by atoms with E-state index in [2.05, 4.69) is 31.3 Å². The summed E-state index contributed by atoms with van der Waals surface area (Å²) in [5.41, 5.74) is 2.02. The molecule has 7 heteroatoms. The highest BCUT2D eigenvalue weighted by atomic mass is 79.9. The molecule has 0 unspecified atom stereocenters.